The largest absolute Gasteiger partial charge is 0.494 e. The van der Waals surface area contributed by atoms with Gasteiger partial charge in [-0.3, -0.25) is 0 Å². The predicted molar refractivity (Wildman–Crippen MR) is 82.9 cm³/mol. The van der Waals surface area contributed by atoms with Crippen molar-refractivity contribution in [2.24, 2.45) is 0 Å². The van der Waals surface area contributed by atoms with E-state index in [-0.39, 0.29) is 5.82 Å². The molecule has 0 bridgehead atoms. The highest BCUT2D eigenvalue weighted by Crippen LogP contribution is 2.19. The van der Waals surface area contributed by atoms with Gasteiger partial charge in [0.05, 0.1) is 7.11 Å². The minimum absolute atomic E-state index is 0.265. The zero-order chi connectivity index (χ0) is 14.8. The van der Waals surface area contributed by atoms with Crippen LogP contribution in [0.3, 0.4) is 0 Å². The van der Waals surface area contributed by atoms with Crippen LogP contribution in [-0.4, -0.2) is 19.7 Å². The van der Waals surface area contributed by atoms with Crippen molar-refractivity contribution in [3.05, 3.63) is 29.6 Å². The fraction of sp³-hybridized carbons (Fsp3) is 0.647. The number of halogens is 1. The molecule has 0 saturated heterocycles. The third kappa shape index (κ3) is 5.91. The summed E-state index contributed by atoms with van der Waals surface area (Å²) in [5.41, 5.74) is 1.05. The maximum Gasteiger partial charge on any atom is 0.165 e. The lowest BCUT2D eigenvalue weighted by atomic mass is 10.0. The van der Waals surface area contributed by atoms with E-state index < -0.39 is 0 Å². The minimum Gasteiger partial charge on any atom is -0.494 e. The SMILES string of the molecule is CCCNC(CCC)CCCc1ccc(OC)c(F)c1. The monoisotopic (exact) mass is 281 g/mol. The second kappa shape index (κ2) is 9.76. The van der Waals surface area contributed by atoms with Gasteiger partial charge in [-0.25, -0.2) is 4.39 Å². The molecule has 0 spiro atoms. The molecular weight excluding hydrogens is 253 g/mol. The van der Waals surface area contributed by atoms with E-state index in [1.54, 1.807) is 12.1 Å². The molecule has 20 heavy (non-hydrogen) atoms. The maximum atomic E-state index is 13.6. The van der Waals surface area contributed by atoms with Gasteiger partial charge in [-0.15, -0.1) is 0 Å². The Balaban J connectivity index is 2.39. The molecule has 0 aliphatic carbocycles. The summed E-state index contributed by atoms with van der Waals surface area (Å²) >= 11 is 0. The van der Waals surface area contributed by atoms with E-state index in [4.69, 9.17) is 4.74 Å². The maximum absolute atomic E-state index is 13.6. The molecule has 0 amide bonds. The first-order chi connectivity index (χ1) is 9.71. The van der Waals surface area contributed by atoms with Crippen LogP contribution in [-0.2, 0) is 6.42 Å². The van der Waals surface area contributed by atoms with Gasteiger partial charge < -0.3 is 10.1 Å². The van der Waals surface area contributed by atoms with Gasteiger partial charge >= 0.3 is 0 Å². The van der Waals surface area contributed by atoms with Crippen molar-refractivity contribution in [1.29, 1.82) is 0 Å². The summed E-state index contributed by atoms with van der Waals surface area (Å²) in [4.78, 5) is 0. The van der Waals surface area contributed by atoms with Crippen molar-refractivity contribution >= 4 is 0 Å². The van der Waals surface area contributed by atoms with Crippen LogP contribution in [0.5, 0.6) is 5.75 Å². The Labute approximate surface area is 122 Å². The Morgan fingerprint density at radius 1 is 1.20 bits per heavy atom. The Kier molecular flexibility index (Phi) is 8.28. The molecule has 1 N–H and O–H groups in total. The van der Waals surface area contributed by atoms with E-state index in [0.29, 0.717) is 11.8 Å². The Bertz CT molecular complexity index is 381. The van der Waals surface area contributed by atoms with Gasteiger partial charge in [0.25, 0.3) is 0 Å². The lowest BCUT2D eigenvalue weighted by Crippen LogP contribution is -2.29. The number of ether oxygens (including phenoxy) is 1. The van der Waals surface area contributed by atoms with Crippen molar-refractivity contribution in [2.45, 2.75) is 58.4 Å². The van der Waals surface area contributed by atoms with Gasteiger partial charge in [-0.05, 0) is 56.3 Å². The van der Waals surface area contributed by atoms with Gasteiger partial charge in [0.1, 0.15) is 0 Å². The van der Waals surface area contributed by atoms with Crippen LogP contribution in [0, 0.1) is 5.82 Å². The Morgan fingerprint density at radius 3 is 2.60 bits per heavy atom. The molecule has 114 valence electrons. The summed E-state index contributed by atoms with van der Waals surface area (Å²) in [6, 6.07) is 5.86. The molecule has 0 fully saturated rings. The quantitative estimate of drug-likeness (QED) is 0.689. The average molecular weight is 281 g/mol. The molecule has 1 unspecified atom stereocenters. The van der Waals surface area contributed by atoms with Crippen LogP contribution in [0.2, 0.25) is 0 Å². The molecule has 0 heterocycles. The highest BCUT2D eigenvalue weighted by molar-refractivity contribution is 5.29. The highest BCUT2D eigenvalue weighted by Gasteiger charge is 2.07. The Hall–Kier alpha value is -1.09. The van der Waals surface area contributed by atoms with Crippen molar-refractivity contribution in [1.82, 2.24) is 5.32 Å². The predicted octanol–water partition coefficient (Wildman–Crippen LogP) is 4.33. The summed E-state index contributed by atoms with van der Waals surface area (Å²) in [5, 5.41) is 3.59. The zero-order valence-electron chi connectivity index (χ0n) is 13.0. The number of hydrogen-bond donors (Lipinski definition) is 1. The number of aryl methyl sites for hydroxylation is 1. The van der Waals surface area contributed by atoms with Crippen LogP contribution in [0.1, 0.15) is 51.5 Å². The summed E-state index contributed by atoms with van der Waals surface area (Å²) in [5.74, 6) is 0.0569. The van der Waals surface area contributed by atoms with Gasteiger partial charge in [-0.1, -0.05) is 26.3 Å². The Morgan fingerprint density at radius 2 is 2.00 bits per heavy atom. The molecule has 0 aliphatic heterocycles. The number of benzene rings is 1. The molecule has 1 rings (SSSR count). The molecule has 0 aromatic heterocycles. The lowest BCUT2D eigenvalue weighted by Gasteiger charge is -2.17. The number of methoxy groups -OCH3 is 1. The molecular formula is C17H28FNO. The standard InChI is InChI=1S/C17H28FNO/c1-4-7-15(19-12-5-2)9-6-8-14-10-11-17(20-3)16(18)13-14/h10-11,13,15,19H,4-9,12H2,1-3H3. The number of nitrogens with one attached hydrogen (secondary N) is 1. The van der Waals surface area contributed by atoms with Gasteiger partial charge in [0, 0.05) is 6.04 Å². The summed E-state index contributed by atoms with van der Waals surface area (Å²) in [6.45, 7) is 5.50. The fourth-order valence-electron chi connectivity index (χ4n) is 2.46. The summed E-state index contributed by atoms with van der Waals surface area (Å²) < 4.78 is 18.5. The minimum atomic E-state index is -0.265. The van der Waals surface area contributed by atoms with Crippen LogP contribution in [0.25, 0.3) is 0 Å². The van der Waals surface area contributed by atoms with Crippen molar-refractivity contribution in [3.63, 3.8) is 0 Å². The number of rotatable bonds is 10. The molecule has 2 nitrogen and oxygen atoms in total. The zero-order valence-corrected chi connectivity index (χ0v) is 13.0. The topological polar surface area (TPSA) is 21.3 Å². The molecule has 0 aliphatic rings. The van der Waals surface area contributed by atoms with Crippen molar-refractivity contribution < 1.29 is 9.13 Å². The lowest BCUT2D eigenvalue weighted by molar-refractivity contribution is 0.386. The molecule has 1 atom stereocenters. The van der Waals surface area contributed by atoms with Crippen molar-refractivity contribution in [2.75, 3.05) is 13.7 Å². The molecule has 1 aromatic carbocycles. The molecule has 0 saturated carbocycles. The summed E-state index contributed by atoms with van der Waals surface area (Å²) in [7, 11) is 1.49. The van der Waals surface area contributed by atoms with E-state index in [1.165, 1.54) is 26.4 Å². The second-order valence-electron chi connectivity index (χ2n) is 5.30. The number of hydrogen-bond acceptors (Lipinski definition) is 2. The van der Waals surface area contributed by atoms with Crippen molar-refractivity contribution in [3.8, 4) is 5.75 Å². The summed E-state index contributed by atoms with van der Waals surface area (Å²) in [6.07, 6.45) is 6.77. The van der Waals surface area contributed by atoms with Gasteiger partial charge in [-0.2, -0.15) is 0 Å². The van der Waals surface area contributed by atoms with E-state index >= 15 is 0 Å². The smallest absolute Gasteiger partial charge is 0.165 e. The first kappa shape index (κ1) is 17.0. The van der Waals surface area contributed by atoms with Crippen LogP contribution >= 0.6 is 0 Å². The first-order valence-corrected chi connectivity index (χ1v) is 7.77. The van der Waals surface area contributed by atoms with Crippen LogP contribution in [0.4, 0.5) is 4.39 Å². The first-order valence-electron chi connectivity index (χ1n) is 7.77. The van der Waals surface area contributed by atoms with E-state index in [1.807, 2.05) is 6.07 Å². The van der Waals surface area contributed by atoms with E-state index in [2.05, 4.69) is 19.2 Å². The highest BCUT2D eigenvalue weighted by atomic mass is 19.1. The third-order valence-corrected chi connectivity index (χ3v) is 3.55. The van der Waals surface area contributed by atoms with Crippen LogP contribution in [0.15, 0.2) is 18.2 Å². The van der Waals surface area contributed by atoms with E-state index in [0.717, 1.165) is 31.4 Å². The third-order valence-electron chi connectivity index (χ3n) is 3.55. The van der Waals surface area contributed by atoms with Gasteiger partial charge in [0.15, 0.2) is 11.6 Å². The normalized spacial score (nSPS) is 12.4. The molecule has 3 heteroatoms. The molecule has 1 aromatic rings. The molecule has 0 radical (unpaired) electrons. The van der Waals surface area contributed by atoms with E-state index in [9.17, 15) is 4.39 Å². The van der Waals surface area contributed by atoms with Gasteiger partial charge in [0.2, 0.25) is 0 Å². The van der Waals surface area contributed by atoms with Crippen LogP contribution < -0.4 is 10.1 Å². The fourth-order valence-corrected chi connectivity index (χ4v) is 2.46. The second-order valence-corrected chi connectivity index (χ2v) is 5.30. The average Bonchev–Trinajstić information content (AvgIpc) is 2.45.